The van der Waals surface area contributed by atoms with E-state index < -0.39 is 0 Å². The second kappa shape index (κ2) is 3.81. The molecule has 0 bridgehead atoms. The van der Waals surface area contributed by atoms with Gasteiger partial charge in [0.15, 0.2) is 0 Å². The zero-order valence-corrected chi connectivity index (χ0v) is 10.0. The molecule has 0 unspecified atom stereocenters. The molecule has 1 aromatic carbocycles. The van der Waals surface area contributed by atoms with Crippen LogP contribution in [0.4, 0.5) is 5.69 Å². The number of nitrogens with one attached hydrogen (secondary N) is 1. The Hall–Kier alpha value is -0.700. The van der Waals surface area contributed by atoms with Crippen LogP contribution < -0.4 is 10.1 Å². The Bertz CT molecular complexity index is 349. The summed E-state index contributed by atoms with van der Waals surface area (Å²) in [7, 11) is 0. The van der Waals surface area contributed by atoms with Gasteiger partial charge >= 0.3 is 0 Å². The molecule has 14 heavy (non-hydrogen) atoms. The van der Waals surface area contributed by atoms with Gasteiger partial charge in [0.2, 0.25) is 0 Å². The van der Waals surface area contributed by atoms with Gasteiger partial charge in [-0.25, -0.2) is 0 Å². The Morgan fingerprint density at radius 3 is 2.93 bits per heavy atom. The van der Waals surface area contributed by atoms with Crippen LogP contribution in [0.5, 0.6) is 5.75 Å². The van der Waals surface area contributed by atoms with E-state index in [0.717, 1.165) is 29.1 Å². The highest BCUT2D eigenvalue weighted by atomic mass is 79.9. The summed E-state index contributed by atoms with van der Waals surface area (Å²) in [6.45, 7) is 6.03. The number of ether oxygens (including phenoxy) is 1. The molecule has 0 radical (unpaired) electrons. The van der Waals surface area contributed by atoms with Crippen molar-refractivity contribution in [2.24, 2.45) is 0 Å². The Kier molecular flexibility index (Phi) is 2.68. The van der Waals surface area contributed by atoms with Crippen LogP contribution in [-0.4, -0.2) is 13.2 Å². The molecule has 0 saturated heterocycles. The Morgan fingerprint density at radius 2 is 2.21 bits per heavy atom. The molecule has 0 fully saturated rings. The molecule has 0 aliphatic carbocycles. The van der Waals surface area contributed by atoms with Crippen molar-refractivity contribution in [3.05, 3.63) is 22.2 Å². The molecule has 0 spiro atoms. The molecule has 1 N–H and O–H groups in total. The smallest absolute Gasteiger partial charge is 0.143 e. The molecule has 0 saturated carbocycles. The third kappa shape index (κ3) is 1.73. The van der Waals surface area contributed by atoms with Gasteiger partial charge in [-0.15, -0.1) is 0 Å². The van der Waals surface area contributed by atoms with Crippen LogP contribution in [0.3, 0.4) is 0 Å². The average molecular weight is 256 g/mol. The minimum Gasteiger partial charge on any atom is -0.490 e. The van der Waals surface area contributed by atoms with Gasteiger partial charge in [-0.1, -0.05) is 29.8 Å². The summed E-state index contributed by atoms with van der Waals surface area (Å²) in [4.78, 5) is 0. The van der Waals surface area contributed by atoms with E-state index in [1.54, 1.807) is 0 Å². The fourth-order valence-electron chi connectivity index (χ4n) is 1.62. The van der Waals surface area contributed by atoms with E-state index in [4.69, 9.17) is 4.74 Å². The summed E-state index contributed by atoms with van der Waals surface area (Å²) in [5.74, 6) is 1.48. The summed E-state index contributed by atoms with van der Waals surface area (Å²) in [5, 5.41) is 3.34. The quantitative estimate of drug-likeness (QED) is 0.831. The van der Waals surface area contributed by atoms with E-state index in [2.05, 4.69) is 47.2 Å². The van der Waals surface area contributed by atoms with Gasteiger partial charge in [0.25, 0.3) is 0 Å². The van der Waals surface area contributed by atoms with Gasteiger partial charge in [0, 0.05) is 11.0 Å². The van der Waals surface area contributed by atoms with E-state index in [0.29, 0.717) is 5.92 Å². The second-order valence-electron chi connectivity index (χ2n) is 3.80. The van der Waals surface area contributed by atoms with Crippen molar-refractivity contribution < 1.29 is 4.74 Å². The van der Waals surface area contributed by atoms with Gasteiger partial charge in [0.05, 0.1) is 5.69 Å². The molecule has 2 rings (SSSR count). The third-order valence-electron chi connectivity index (χ3n) is 2.40. The van der Waals surface area contributed by atoms with Gasteiger partial charge in [-0.3, -0.25) is 0 Å². The van der Waals surface area contributed by atoms with E-state index in [9.17, 15) is 0 Å². The van der Waals surface area contributed by atoms with Gasteiger partial charge in [-0.2, -0.15) is 0 Å². The fraction of sp³-hybridized carbons (Fsp3) is 0.455. The molecule has 0 atom stereocenters. The van der Waals surface area contributed by atoms with Crippen LogP contribution in [-0.2, 0) is 0 Å². The summed E-state index contributed by atoms with van der Waals surface area (Å²) in [5.41, 5.74) is 2.44. The topological polar surface area (TPSA) is 21.3 Å². The number of rotatable bonds is 1. The molecule has 1 heterocycles. The number of halogens is 1. The molecule has 1 aromatic rings. The van der Waals surface area contributed by atoms with Crippen molar-refractivity contribution in [1.82, 2.24) is 0 Å². The highest BCUT2D eigenvalue weighted by Gasteiger charge is 2.14. The minimum atomic E-state index is 0.526. The molecule has 1 aliphatic heterocycles. The zero-order valence-electron chi connectivity index (χ0n) is 8.43. The third-order valence-corrected chi connectivity index (χ3v) is 3.08. The maximum atomic E-state index is 5.55. The summed E-state index contributed by atoms with van der Waals surface area (Å²) in [6.07, 6.45) is 0. The molecular weight excluding hydrogens is 242 g/mol. The number of fused-ring (bicyclic) bond motifs is 1. The Labute approximate surface area is 92.8 Å². The van der Waals surface area contributed by atoms with Gasteiger partial charge < -0.3 is 10.1 Å². The first-order valence-corrected chi connectivity index (χ1v) is 5.68. The van der Waals surface area contributed by atoms with Crippen LogP contribution in [0, 0.1) is 0 Å². The van der Waals surface area contributed by atoms with Crippen LogP contribution in [0.2, 0.25) is 0 Å². The highest BCUT2D eigenvalue weighted by molar-refractivity contribution is 9.10. The first kappa shape index (κ1) is 9.84. The van der Waals surface area contributed by atoms with Gasteiger partial charge in [-0.05, 0) is 23.6 Å². The predicted molar refractivity (Wildman–Crippen MR) is 62.2 cm³/mol. The lowest BCUT2D eigenvalue weighted by atomic mass is 10.0. The van der Waals surface area contributed by atoms with Crippen LogP contribution >= 0.6 is 15.9 Å². The lowest BCUT2D eigenvalue weighted by Crippen LogP contribution is -2.18. The maximum absolute atomic E-state index is 5.55. The molecule has 2 nitrogen and oxygen atoms in total. The molecule has 76 valence electrons. The van der Waals surface area contributed by atoms with Crippen LogP contribution in [0.1, 0.15) is 25.3 Å². The molecule has 3 heteroatoms. The van der Waals surface area contributed by atoms with Crippen molar-refractivity contribution >= 4 is 21.6 Å². The van der Waals surface area contributed by atoms with Crippen molar-refractivity contribution in [1.29, 1.82) is 0 Å². The SMILES string of the molecule is CC(C)c1cc2c(cc1Br)OCCN2. The Balaban J connectivity index is 2.45. The minimum absolute atomic E-state index is 0.526. The second-order valence-corrected chi connectivity index (χ2v) is 4.65. The maximum Gasteiger partial charge on any atom is 0.143 e. The lowest BCUT2D eigenvalue weighted by Gasteiger charge is -2.21. The standard InChI is InChI=1S/C11H14BrNO/c1-7(2)8-5-10-11(6-9(8)12)14-4-3-13-10/h5-7,13H,3-4H2,1-2H3. The normalized spacial score (nSPS) is 14.6. The molecule has 1 aliphatic rings. The molecule has 0 amide bonds. The van der Waals surface area contributed by atoms with Crippen molar-refractivity contribution in [3.63, 3.8) is 0 Å². The van der Waals surface area contributed by atoms with E-state index in [1.165, 1.54) is 5.56 Å². The zero-order chi connectivity index (χ0) is 10.1. The predicted octanol–water partition coefficient (Wildman–Crippen LogP) is 3.38. The highest BCUT2D eigenvalue weighted by Crippen LogP contribution is 2.36. The first-order chi connectivity index (χ1) is 6.68. The van der Waals surface area contributed by atoms with Crippen LogP contribution in [0.15, 0.2) is 16.6 Å². The Morgan fingerprint density at radius 1 is 1.43 bits per heavy atom. The largest absolute Gasteiger partial charge is 0.490 e. The molecule has 0 aromatic heterocycles. The van der Waals surface area contributed by atoms with Crippen LogP contribution in [0.25, 0.3) is 0 Å². The van der Waals surface area contributed by atoms with E-state index >= 15 is 0 Å². The van der Waals surface area contributed by atoms with Crippen molar-refractivity contribution in [2.45, 2.75) is 19.8 Å². The summed E-state index contributed by atoms with van der Waals surface area (Å²) in [6, 6.07) is 4.22. The summed E-state index contributed by atoms with van der Waals surface area (Å²) >= 11 is 3.57. The number of benzene rings is 1. The monoisotopic (exact) mass is 255 g/mol. The van der Waals surface area contributed by atoms with Crippen molar-refractivity contribution in [2.75, 3.05) is 18.5 Å². The lowest BCUT2D eigenvalue weighted by molar-refractivity contribution is 0.323. The number of anilines is 1. The molecular formula is C11H14BrNO. The first-order valence-electron chi connectivity index (χ1n) is 4.88. The van der Waals surface area contributed by atoms with Gasteiger partial charge in [0.1, 0.15) is 12.4 Å². The van der Waals surface area contributed by atoms with Crippen molar-refractivity contribution in [3.8, 4) is 5.75 Å². The average Bonchev–Trinajstić information content (AvgIpc) is 2.16. The summed E-state index contributed by atoms with van der Waals surface area (Å²) < 4.78 is 6.68. The fourth-order valence-corrected chi connectivity index (χ4v) is 2.40. The van der Waals surface area contributed by atoms with E-state index in [1.807, 2.05) is 0 Å². The number of hydrogen-bond acceptors (Lipinski definition) is 2. The number of hydrogen-bond donors (Lipinski definition) is 1. The van der Waals surface area contributed by atoms with E-state index in [-0.39, 0.29) is 0 Å².